The lowest BCUT2D eigenvalue weighted by Crippen LogP contribution is -2.50. The van der Waals surface area contributed by atoms with Gasteiger partial charge < -0.3 is 15.0 Å². The first kappa shape index (κ1) is 15.6. The number of ether oxygens (including phenoxy) is 1. The molecule has 0 radical (unpaired) electrons. The Morgan fingerprint density at radius 1 is 1.26 bits per heavy atom. The lowest BCUT2D eigenvalue weighted by atomic mass is 10.1. The molecule has 1 saturated heterocycles. The molecule has 1 aliphatic carbocycles. The number of nitrogens with zero attached hydrogens (tertiary/aromatic N) is 1. The van der Waals surface area contributed by atoms with Crippen molar-refractivity contribution in [2.45, 2.75) is 18.7 Å². The minimum absolute atomic E-state index is 0.00701. The van der Waals surface area contributed by atoms with Crippen molar-refractivity contribution in [3.05, 3.63) is 29.8 Å². The highest BCUT2D eigenvalue weighted by molar-refractivity contribution is 5.89. The molecule has 2 fully saturated rings. The molecule has 2 atom stereocenters. The molecule has 1 N–H and O–H groups in total. The molecule has 5 nitrogen and oxygen atoms in total. The van der Waals surface area contributed by atoms with E-state index >= 15 is 0 Å². The van der Waals surface area contributed by atoms with E-state index in [9.17, 15) is 22.8 Å². The van der Waals surface area contributed by atoms with Gasteiger partial charge in [-0.2, -0.15) is 0 Å². The number of piperazine rings is 1. The summed E-state index contributed by atoms with van der Waals surface area (Å²) in [7, 11) is 0. The van der Waals surface area contributed by atoms with Gasteiger partial charge in [-0.1, -0.05) is 12.1 Å². The van der Waals surface area contributed by atoms with Crippen LogP contribution in [0.1, 0.15) is 17.9 Å². The van der Waals surface area contributed by atoms with Crippen molar-refractivity contribution in [3.8, 4) is 5.75 Å². The van der Waals surface area contributed by atoms with Crippen LogP contribution in [0.5, 0.6) is 5.75 Å². The number of rotatable bonds is 3. The molecule has 8 heteroatoms. The Kier molecular flexibility index (Phi) is 3.91. The molecule has 3 rings (SSSR count). The smallest absolute Gasteiger partial charge is 0.406 e. The van der Waals surface area contributed by atoms with E-state index in [0.717, 1.165) is 5.56 Å². The fourth-order valence-corrected chi connectivity index (χ4v) is 2.81. The van der Waals surface area contributed by atoms with Gasteiger partial charge in [0, 0.05) is 19.0 Å². The highest BCUT2D eigenvalue weighted by atomic mass is 19.4. The molecule has 1 aromatic rings. The fourth-order valence-electron chi connectivity index (χ4n) is 2.81. The molecule has 23 heavy (non-hydrogen) atoms. The molecule has 1 saturated carbocycles. The van der Waals surface area contributed by atoms with Crippen molar-refractivity contribution < 1.29 is 27.5 Å². The van der Waals surface area contributed by atoms with Gasteiger partial charge in [-0.15, -0.1) is 13.2 Å². The van der Waals surface area contributed by atoms with Crippen LogP contribution in [0, 0.1) is 5.92 Å². The number of benzene rings is 1. The standard InChI is InChI=1S/C15H15F3N2O3/c16-15(17,18)23-10-3-1-9(2-4-10)11-7-12(11)14(22)20-6-5-19-13(21)8-20/h1-4,11-12H,5-8H2,(H,19,21)/t11-,12+/m1/s1. The molecule has 1 aliphatic heterocycles. The third-order valence-corrected chi connectivity index (χ3v) is 4.00. The number of hydrogen-bond donors (Lipinski definition) is 1. The van der Waals surface area contributed by atoms with Gasteiger partial charge in [0.05, 0.1) is 6.54 Å². The molecular weight excluding hydrogens is 313 g/mol. The molecule has 124 valence electrons. The quantitative estimate of drug-likeness (QED) is 0.918. The molecular formula is C15H15F3N2O3. The fraction of sp³-hybridized carbons (Fsp3) is 0.467. The maximum Gasteiger partial charge on any atom is 0.573 e. The van der Waals surface area contributed by atoms with E-state index in [2.05, 4.69) is 10.1 Å². The zero-order valence-electron chi connectivity index (χ0n) is 12.1. The first-order valence-electron chi connectivity index (χ1n) is 7.25. The van der Waals surface area contributed by atoms with Gasteiger partial charge in [0.15, 0.2) is 0 Å². The molecule has 1 heterocycles. The lowest BCUT2D eigenvalue weighted by Gasteiger charge is -2.26. The molecule has 0 spiro atoms. The summed E-state index contributed by atoms with van der Waals surface area (Å²) in [5.41, 5.74) is 0.805. The first-order chi connectivity index (χ1) is 10.8. The summed E-state index contributed by atoms with van der Waals surface area (Å²) in [5, 5.41) is 2.66. The summed E-state index contributed by atoms with van der Waals surface area (Å²) in [4.78, 5) is 25.2. The topological polar surface area (TPSA) is 58.6 Å². The second-order valence-corrected chi connectivity index (χ2v) is 5.68. The predicted octanol–water partition coefficient (Wildman–Crippen LogP) is 1.65. The van der Waals surface area contributed by atoms with Gasteiger partial charge in [-0.05, 0) is 30.0 Å². The summed E-state index contributed by atoms with van der Waals surface area (Å²) in [6.45, 7) is 1.01. The highest BCUT2D eigenvalue weighted by Gasteiger charge is 2.46. The van der Waals surface area contributed by atoms with E-state index in [1.54, 1.807) is 12.1 Å². The van der Waals surface area contributed by atoms with Crippen LogP contribution in [-0.2, 0) is 9.59 Å². The number of carbonyl (C=O) groups excluding carboxylic acids is 2. The number of hydrogen-bond acceptors (Lipinski definition) is 3. The second-order valence-electron chi connectivity index (χ2n) is 5.68. The van der Waals surface area contributed by atoms with Gasteiger partial charge >= 0.3 is 6.36 Å². The average Bonchev–Trinajstić information content (AvgIpc) is 3.26. The van der Waals surface area contributed by atoms with Crippen LogP contribution in [0.2, 0.25) is 0 Å². The van der Waals surface area contributed by atoms with Crippen molar-refractivity contribution in [3.63, 3.8) is 0 Å². The Bertz CT molecular complexity index is 615. The largest absolute Gasteiger partial charge is 0.573 e. The summed E-state index contributed by atoms with van der Waals surface area (Å²) in [5.74, 6) is -0.726. The molecule has 2 amide bonds. The maximum absolute atomic E-state index is 12.3. The third kappa shape index (κ3) is 3.75. The van der Waals surface area contributed by atoms with Gasteiger partial charge in [-0.25, -0.2) is 0 Å². The number of carbonyl (C=O) groups is 2. The summed E-state index contributed by atoms with van der Waals surface area (Å²) in [6, 6.07) is 5.58. The van der Waals surface area contributed by atoms with Crippen molar-refractivity contribution in [1.82, 2.24) is 10.2 Å². The van der Waals surface area contributed by atoms with Crippen LogP contribution >= 0.6 is 0 Å². The van der Waals surface area contributed by atoms with E-state index in [0.29, 0.717) is 19.5 Å². The first-order valence-corrected chi connectivity index (χ1v) is 7.25. The number of nitrogens with one attached hydrogen (secondary N) is 1. The van der Waals surface area contributed by atoms with E-state index in [4.69, 9.17) is 0 Å². The van der Waals surface area contributed by atoms with E-state index in [1.807, 2.05) is 0 Å². The number of alkyl halides is 3. The minimum atomic E-state index is -4.71. The molecule has 1 aromatic carbocycles. The molecule has 2 aliphatic rings. The summed E-state index contributed by atoms with van der Waals surface area (Å²) < 4.78 is 40.2. The third-order valence-electron chi connectivity index (χ3n) is 4.00. The molecule has 0 unspecified atom stereocenters. The predicted molar refractivity (Wildman–Crippen MR) is 73.6 cm³/mol. The Labute approximate surface area is 130 Å². The van der Waals surface area contributed by atoms with Gasteiger partial charge in [0.25, 0.3) is 0 Å². The number of amides is 2. The average molecular weight is 328 g/mol. The number of halogens is 3. The Balaban J connectivity index is 1.59. The van der Waals surface area contributed by atoms with Crippen LogP contribution < -0.4 is 10.1 Å². The Morgan fingerprint density at radius 3 is 2.57 bits per heavy atom. The van der Waals surface area contributed by atoms with E-state index < -0.39 is 6.36 Å². The lowest BCUT2D eigenvalue weighted by molar-refractivity contribution is -0.274. The van der Waals surface area contributed by atoms with Crippen molar-refractivity contribution in [1.29, 1.82) is 0 Å². The Hall–Kier alpha value is -2.25. The highest BCUT2D eigenvalue weighted by Crippen LogP contribution is 2.48. The van der Waals surface area contributed by atoms with E-state index in [1.165, 1.54) is 17.0 Å². The van der Waals surface area contributed by atoms with Crippen molar-refractivity contribution in [2.75, 3.05) is 19.6 Å². The van der Waals surface area contributed by atoms with Crippen molar-refractivity contribution >= 4 is 11.8 Å². The molecule has 0 aromatic heterocycles. The minimum Gasteiger partial charge on any atom is -0.406 e. The summed E-state index contributed by atoms with van der Waals surface area (Å²) >= 11 is 0. The van der Waals surface area contributed by atoms with Gasteiger partial charge in [0.2, 0.25) is 11.8 Å². The van der Waals surface area contributed by atoms with Crippen LogP contribution in [0.25, 0.3) is 0 Å². The van der Waals surface area contributed by atoms with Gasteiger partial charge in [-0.3, -0.25) is 9.59 Å². The van der Waals surface area contributed by atoms with Crippen LogP contribution in [-0.4, -0.2) is 42.7 Å². The maximum atomic E-state index is 12.3. The zero-order chi connectivity index (χ0) is 16.6. The van der Waals surface area contributed by atoms with Gasteiger partial charge in [0.1, 0.15) is 5.75 Å². The Morgan fingerprint density at radius 2 is 1.96 bits per heavy atom. The van der Waals surface area contributed by atoms with Crippen LogP contribution in [0.15, 0.2) is 24.3 Å². The normalized spacial score (nSPS) is 24.1. The van der Waals surface area contributed by atoms with Crippen molar-refractivity contribution in [2.24, 2.45) is 5.92 Å². The molecule has 0 bridgehead atoms. The summed E-state index contributed by atoms with van der Waals surface area (Å²) in [6.07, 6.45) is -4.06. The monoisotopic (exact) mass is 328 g/mol. The second kappa shape index (κ2) is 5.75. The van der Waals surface area contributed by atoms with Crippen LogP contribution in [0.4, 0.5) is 13.2 Å². The zero-order valence-corrected chi connectivity index (χ0v) is 12.1. The van der Waals surface area contributed by atoms with Crippen LogP contribution in [0.3, 0.4) is 0 Å². The van der Waals surface area contributed by atoms with E-state index in [-0.39, 0.29) is 35.9 Å². The SMILES string of the molecule is O=C1CN(C(=O)[C@H]2C[C@@H]2c2ccc(OC(F)(F)F)cc2)CCN1.